The monoisotopic (exact) mass is 359 g/mol. The zero-order valence-electron chi connectivity index (χ0n) is 14.3. The van der Waals surface area contributed by atoms with Gasteiger partial charge in [-0.2, -0.15) is 0 Å². The summed E-state index contributed by atoms with van der Waals surface area (Å²) >= 11 is 1.44. The summed E-state index contributed by atoms with van der Waals surface area (Å²) < 4.78 is 5.10. The van der Waals surface area contributed by atoms with Gasteiger partial charge in [-0.25, -0.2) is 0 Å². The molecule has 0 aliphatic carbocycles. The minimum Gasteiger partial charge on any atom is -0.497 e. The Morgan fingerprint density at radius 1 is 1.32 bits per heavy atom. The van der Waals surface area contributed by atoms with Crippen molar-refractivity contribution in [2.24, 2.45) is 5.73 Å². The van der Waals surface area contributed by atoms with Crippen LogP contribution in [-0.2, 0) is 13.0 Å². The fourth-order valence-electron chi connectivity index (χ4n) is 2.99. The maximum atomic E-state index is 12.5. The number of carbonyl (C=O) groups excluding carboxylic acids is 2. The van der Waals surface area contributed by atoms with Crippen LogP contribution in [0.1, 0.15) is 38.1 Å². The van der Waals surface area contributed by atoms with Crippen molar-refractivity contribution in [1.29, 1.82) is 0 Å². The van der Waals surface area contributed by atoms with Crippen LogP contribution in [0.4, 0.5) is 5.00 Å². The minimum atomic E-state index is -0.493. The molecular formula is C18H21N3O3S. The predicted octanol–water partition coefficient (Wildman–Crippen LogP) is 2.49. The SMILES string of the molecule is CCN1CCc2c(sc(NC(=O)c3ccc(OC)cc3)c2C(N)=O)C1. The molecule has 1 aliphatic rings. The lowest BCUT2D eigenvalue weighted by atomic mass is 10.0. The number of amides is 2. The van der Waals surface area contributed by atoms with Crippen LogP contribution in [0.5, 0.6) is 5.75 Å². The first-order chi connectivity index (χ1) is 12.0. The van der Waals surface area contributed by atoms with Gasteiger partial charge in [0.15, 0.2) is 0 Å². The van der Waals surface area contributed by atoms with Gasteiger partial charge in [0.2, 0.25) is 0 Å². The average Bonchev–Trinajstić information content (AvgIpc) is 2.98. The number of nitrogens with two attached hydrogens (primary N) is 1. The third-order valence-electron chi connectivity index (χ3n) is 4.41. The molecule has 0 fully saturated rings. The molecule has 0 unspecified atom stereocenters. The molecule has 0 saturated carbocycles. The number of likely N-dealkylation sites (N-methyl/N-ethyl adjacent to an activating group) is 1. The van der Waals surface area contributed by atoms with Crippen LogP contribution in [0.15, 0.2) is 24.3 Å². The van der Waals surface area contributed by atoms with Crippen LogP contribution in [-0.4, -0.2) is 36.9 Å². The van der Waals surface area contributed by atoms with Gasteiger partial charge < -0.3 is 15.8 Å². The number of fused-ring (bicyclic) bond motifs is 1. The van der Waals surface area contributed by atoms with Gasteiger partial charge in [-0.15, -0.1) is 11.3 Å². The Morgan fingerprint density at radius 2 is 2.04 bits per heavy atom. The maximum Gasteiger partial charge on any atom is 0.256 e. The van der Waals surface area contributed by atoms with E-state index in [2.05, 4.69) is 17.1 Å². The molecule has 2 aromatic rings. The Kier molecular flexibility index (Phi) is 5.06. The third kappa shape index (κ3) is 3.52. The highest BCUT2D eigenvalue weighted by Crippen LogP contribution is 2.37. The summed E-state index contributed by atoms with van der Waals surface area (Å²) in [5.41, 5.74) is 7.52. The topological polar surface area (TPSA) is 84.7 Å². The van der Waals surface area contributed by atoms with Crippen molar-refractivity contribution in [3.63, 3.8) is 0 Å². The summed E-state index contributed by atoms with van der Waals surface area (Å²) in [5.74, 6) is -0.0794. The van der Waals surface area contributed by atoms with Crippen molar-refractivity contribution in [3.05, 3.63) is 45.8 Å². The molecule has 1 aromatic heterocycles. The van der Waals surface area contributed by atoms with Gasteiger partial charge in [0.25, 0.3) is 11.8 Å². The van der Waals surface area contributed by atoms with E-state index in [0.29, 0.717) is 21.9 Å². The second-order valence-corrected chi connectivity index (χ2v) is 6.98. The first-order valence-electron chi connectivity index (χ1n) is 8.15. The van der Waals surface area contributed by atoms with E-state index in [9.17, 15) is 9.59 Å². The Hall–Kier alpha value is -2.38. The van der Waals surface area contributed by atoms with E-state index in [0.717, 1.165) is 36.5 Å². The van der Waals surface area contributed by atoms with E-state index in [1.165, 1.54) is 11.3 Å². The lowest BCUT2D eigenvalue weighted by molar-refractivity contribution is 0.1000. The molecule has 3 N–H and O–H groups in total. The van der Waals surface area contributed by atoms with Crippen molar-refractivity contribution in [2.45, 2.75) is 19.9 Å². The van der Waals surface area contributed by atoms with E-state index in [-0.39, 0.29) is 5.91 Å². The van der Waals surface area contributed by atoms with E-state index in [4.69, 9.17) is 10.5 Å². The molecule has 0 spiro atoms. The lowest BCUT2D eigenvalue weighted by Crippen LogP contribution is -2.30. The van der Waals surface area contributed by atoms with E-state index in [1.54, 1.807) is 31.4 Å². The minimum absolute atomic E-state index is 0.268. The molecule has 0 atom stereocenters. The summed E-state index contributed by atoms with van der Waals surface area (Å²) in [7, 11) is 1.57. The number of rotatable bonds is 5. The summed E-state index contributed by atoms with van der Waals surface area (Å²) in [6.45, 7) is 4.75. The molecule has 2 heterocycles. The molecule has 25 heavy (non-hydrogen) atoms. The second-order valence-electron chi connectivity index (χ2n) is 5.87. The molecule has 6 nitrogen and oxygen atoms in total. The fourth-order valence-corrected chi connectivity index (χ4v) is 4.28. The first kappa shape index (κ1) is 17.4. The summed E-state index contributed by atoms with van der Waals surface area (Å²) in [6.07, 6.45) is 0.774. The van der Waals surface area contributed by atoms with Crippen LogP contribution in [0.3, 0.4) is 0 Å². The number of carbonyl (C=O) groups is 2. The molecule has 132 valence electrons. The molecule has 0 bridgehead atoms. The average molecular weight is 359 g/mol. The van der Waals surface area contributed by atoms with Crippen LogP contribution in [0.25, 0.3) is 0 Å². The number of hydrogen-bond donors (Lipinski definition) is 2. The fraction of sp³-hybridized carbons (Fsp3) is 0.333. The first-order valence-corrected chi connectivity index (χ1v) is 8.97. The molecule has 1 aromatic carbocycles. The van der Waals surface area contributed by atoms with Crippen molar-refractivity contribution in [1.82, 2.24) is 4.90 Å². The molecule has 3 rings (SSSR count). The second kappa shape index (κ2) is 7.25. The van der Waals surface area contributed by atoms with Crippen LogP contribution in [0.2, 0.25) is 0 Å². The van der Waals surface area contributed by atoms with Gasteiger partial charge in [0, 0.05) is 23.5 Å². The number of nitrogens with one attached hydrogen (secondary N) is 1. The van der Waals surface area contributed by atoms with Gasteiger partial charge in [-0.1, -0.05) is 6.92 Å². The Balaban J connectivity index is 1.87. The van der Waals surface area contributed by atoms with E-state index < -0.39 is 5.91 Å². The van der Waals surface area contributed by atoms with E-state index >= 15 is 0 Å². The third-order valence-corrected chi connectivity index (χ3v) is 5.54. The summed E-state index contributed by atoms with van der Waals surface area (Å²) in [4.78, 5) is 27.9. The van der Waals surface area contributed by atoms with Gasteiger partial charge in [0.1, 0.15) is 10.8 Å². The quantitative estimate of drug-likeness (QED) is 0.859. The van der Waals surface area contributed by atoms with E-state index in [1.807, 2.05) is 0 Å². The predicted molar refractivity (Wildman–Crippen MR) is 98.4 cm³/mol. The smallest absolute Gasteiger partial charge is 0.256 e. The molecule has 1 aliphatic heterocycles. The number of benzene rings is 1. The number of thiophene rings is 1. The zero-order valence-corrected chi connectivity index (χ0v) is 15.1. The summed E-state index contributed by atoms with van der Waals surface area (Å²) in [6, 6.07) is 6.82. The van der Waals surface area contributed by atoms with Crippen molar-refractivity contribution in [2.75, 3.05) is 25.5 Å². The standard InChI is InChI=1S/C18H21N3O3S/c1-3-21-9-8-13-14(10-21)25-18(15(13)16(19)22)20-17(23)11-4-6-12(24-2)7-5-11/h4-7H,3,8-10H2,1-2H3,(H2,19,22)(H,20,23). The number of ether oxygens (including phenoxy) is 1. The molecular weight excluding hydrogens is 338 g/mol. The van der Waals surface area contributed by atoms with Gasteiger partial charge in [-0.05, 0) is 42.8 Å². The van der Waals surface area contributed by atoms with Crippen LogP contribution >= 0.6 is 11.3 Å². The lowest BCUT2D eigenvalue weighted by Gasteiger charge is -2.25. The molecule has 0 saturated heterocycles. The van der Waals surface area contributed by atoms with Gasteiger partial charge in [-0.3, -0.25) is 14.5 Å². The number of methoxy groups -OCH3 is 1. The van der Waals surface area contributed by atoms with Crippen molar-refractivity contribution in [3.8, 4) is 5.75 Å². The van der Waals surface area contributed by atoms with Gasteiger partial charge >= 0.3 is 0 Å². The van der Waals surface area contributed by atoms with Crippen molar-refractivity contribution < 1.29 is 14.3 Å². The van der Waals surface area contributed by atoms with Crippen LogP contribution < -0.4 is 15.8 Å². The normalized spacial score (nSPS) is 14.0. The molecule has 2 amide bonds. The number of hydrogen-bond acceptors (Lipinski definition) is 5. The largest absolute Gasteiger partial charge is 0.497 e. The summed E-state index contributed by atoms with van der Waals surface area (Å²) in [5, 5.41) is 3.39. The Labute approximate surface area is 150 Å². The maximum absolute atomic E-state index is 12.5. The Bertz CT molecular complexity index is 799. The molecule has 0 radical (unpaired) electrons. The number of anilines is 1. The zero-order chi connectivity index (χ0) is 18.0. The highest BCUT2D eigenvalue weighted by Gasteiger charge is 2.27. The van der Waals surface area contributed by atoms with Crippen LogP contribution in [0, 0.1) is 0 Å². The van der Waals surface area contributed by atoms with Gasteiger partial charge in [0.05, 0.1) is 12.7 Å². The highest BCUT2D eigenvalue weighted by molar-refractivity contribution is 7.17. The highest BCUT2D eigenvalue weighted by atomic mass is 32.1. The number of nitrogens with zero attached hydrogens (tertiary/aromatic N) is 1. The molecule has 7 heteroatoms. The Morgan fingerprint density at radius 3 is 2.64 bits per heavy atom. The van der Waals surface area contributed by atoms with Crippen molar-refractivity contribution >= 4 is 28.2 Å². The number of primary amides is 1.